The maximum absolute atomic E-state index is 12.5. The van der Waals surface area contributed by atoms with Crippen LogP contribution in [0, 0.1) is 30.1 Å². The third kappa shape index (κ3) is 2.14. The zero-order valence-electron chi connectivity index (χ0n) is 12.5. The number of nitriles is 1. The number of rotatable bonds is 2. The Bertz CT molecular complexity index is 819. The lowest BCUT2D eigenvalue weighted by Crippen LogP contribution is -2.25. The Hall–Kier alpha value is -2.41. The maximum atomic E-state index is 12.5. The van der Waals surface area contributed by atoms with Gasteiger partial charge >= 0.3 is 0 Å². The highest BCUT2D eigenvalue weighted by Gasteiger charge is 2.47. The molecule has 2 unspecified atom stereocenters. The first-order valence-corrected chi connectivity index (χ1v) is 7.77. The van der Waals surface area contributed by atoms with Gasteiger partial charge in [0, 0.05) is 17.7 Å². The van der Waals surface area contributed by atoms with E-state index in [1.807, 2.05) is 19.1 Å². The van der Waals surface area contributed by atoms with E-state index >= 15 is 0 Å². The third-order valence-corrected chi connectivity index (χ3v) is 4.94. The van der Waals surface area contributed by atoms with Crippen molar-refractivity contribution in [3.05, 3.63) is 57.8 Å². The molecule has 2 fully saturated rings. The van der Waals surface area contributed by atoms with E-state index in [9.17, 15) is 4.79 Å². The van der Waals surface area contributed by atoms with Crippen LogP contribution < -0.4 is 5.56 Å². The van der Waals surface area contributed by atoms with Crippen molar-refractivity contribution in [2.24, 2.45) is 11.8 Å². The molecule has 1 aromatic carbocycles. The van der Waals surface area contributed by atoms with Crippen molar-refractivity contribution >= 4 is 0 Å². The first-order chi connectivity index (χ1) is 10.7. The van der Waals surface area contributed by atoms with Gasteiger partial charge in [-0.3, -0.25) is 9.36 Å². The number of hydrogen-bond acceptors (Lipinski definition) is 3. The number of aromatic nitrogens is 2. The zero-order valence-corrected chi connectivity index (χ0v) is 12.5. The van der Waals surface area contributed by atoms with Crippen molar-refractivity contribution in [2.45, 2.75) is 32.1 Å². The summed E-state index contributed by atoms with van der Waals surface area (Å²) in [5, 5.41) is 8.92. The summed E-state index contributed by atoms with van der Waals surface area (Å²) in [4.78, 5) is 17.2. The molecule has 22 heavy (non-hydrogen) atoms. The van der Waals surface area contributed by atoms with Gasteiger partial charge in [0.2, 0.25) is 0 Å². The zero-order chi connectivity index (χ0) is 15.3. The van der Waals surface area contributed by atoms with Gasteiger partial charge in [0.1, 0.15) is 5.82 Å². The van der Waals surface area contributed by atoms with E-state index in [2.05, 4.69) is 11.1 Å². The fourth-order valence-electron chi connectivity index (χ4n) is 3.76. The highest BCUT2D eigenvalue weighted by molar-refractivity contribution is 5.40. The predicted molar refractivity (Wildman–Crippen MR) is 82.9 cm³/mol. The summed E-state index contributed by atoms with van der Waals surface area (Å²) in [5.74, 6) is 2.96. The predicted octanol–water partition coefficient (Wildman–Crippen LogP) is 2.93. The molecule has 0 bridgehead atoms. The molecule has 110 valence electrons. The molecule has 1 heterocycles. The molecule has 4 nitrogen and oxygen atoms in total. The maximum Gasteiger partial charge on any atom is 0.258 e. The number of aryl methyl sites for hydroxylation is 1. The quantitative estimate of drug-likeness (QED) is 0.854. The lowest BCUT2D eigenvalue weighted by Gasteiger charge is -2.18. The lowest BCUT2D eigenvalue weighted by atomic mass is 10.0. The van der Waals surface area contributed by atoms with Crippen molar-refractivity contribution in [1.29, 1.82) is 5.26 Å². The molecule has 2 atom stereocenters. The van der Waals surface area contributed by atoms with E-state index in [-0.39, 0.29) is 5.56 Å². The number of benzene rings is 1. The molecule has 0 saturated heterocycles. The summed E-state index contributed by atoms with van der Waals surface area (Å²) in [6.45, 7) is 1.88. The van der Waals surface area contributed by atoms with Crippen molar-refractivity contribution in [3.8, 4) is 11.8 Å². The summed E-state index contributed by atoms with van der Waals surface area (Å²) >= 11 is 0. The number of nitrogens with zero attached hydrogens (tertiary/aromatic N) is 3. The molecule has 2 saturated carbocycles. The Labute approximate surface area is 129 Å². The normalized spacial score (nSPS) is 25.5. The van der Waals surface area contributed by atoms with Crippen molar-refractivity contribution < 1.29 is 0 Å². The standard InChI is InChI=1S/C18H17N3O/c1-11-6-17(22)21(16-4-2-12(10-19)3-5-16)18(20-11)15-8-13-7-14(13)9-15/h2-6,13-15H,7-9H2,1H3. The molecule has 0 radical (unpaired) electrons. The lowest BCUT2D eigenvalue weighted by molar-refractivity contribution is 0.565. The van der Waals surface area contributed by atoms with E-state index in [1.54, 1.807) is 22.8 Å². The van der Waals surface area contributed by atoms with Crippen molar-refractivity contribution in [2.75, 3.05) is 0 Å². The van der Waals surface area contributed by atoms with Crippen molar-refractivity contribution in [1.82, 2.24) is 9.55 Å². The monoisotopic (exact) mass is 291 g/mol. The molecule has 4 rings (SSSR count). The summed E-state index contributed by atoms with van der Waals surface area (Å²) in [5.41, 5.74) is 2.14. The van der Waals surface area contributed by atoms with Gasteiger partial charge < -0.3 is 0 Å². The minimum Gasteiger partial charge on any atom is -0.269 e. The van der Waals surface area contributed by atoms with Gasteiger partial charge in [-0.1, -0.05) is 0 Å². The van der Waals surface area contributed by atoms with Gasteiger partial charge in [0.15, 0.2) is 0 Å². The third-order valence-electron chi connectivity index (χ3n) is 4.94. The molecule has 2 aliphatic rings. The van der Waals surface area contributed by atoms with Crippen molar-refractivity contribution in [3.63, 3.8) is 0 Å². The minimum atomic E-state index is -0.0345. The fourth-order valence-corrected chi connectivity index (χ4v) is 3.76. The van der Waals surface area contributed by atoms with Gasteiger partial charge in [-0.2, -0.15) is 5.26 Å². The Morgan fingerprint density at radius 3 is 2.50 bits per heavy atom. The molecule has 0 amide bonds. The summed E-state index contributed by atoms with van der Waals surface area (Å²) < 4.78 is 1.73. The van der Waals surface area contributed by atoms with Crippen LogP contribution in [0.3, 0.4) is 0 Å². The molecular formula is C18H17N3O. The van der Waals surface area contributed by atoms with Gasteiger partial charge in [0.25, 0.3) is 5.56 Å². The smallest absolute Gasteiger partial charge is 0.258 e. The van der Waals surface area contributed by atoms with E-state index in [0.717, 1.165) is 41.9 Å². The second-order valence-corrected chi connectivity index (χ2v) is 6.51. The van der Waals surface area contributed by atoms with Crippen LogP contribution in [0.4, 0.5) is 0 Å². The second-order valence-electron chi connectivity index (χ2n) is 6.51. The van der Waals surface area contributed by atoms with E-state index in [4.69, 9.17) is 5.26 Å². The van der Waals surface area contributed by atoms with Gasteiger partial charge in [-0.25, -0.2) is 4.98 Å². The Balaban J connectivity index is 1.83. The Morgan fingerprint density at radius 1 is 1.18 bits per heavy atom. The largest absolute Gasteiger partial charge is 0.269 e. The number of fused-ring (bicyclic) bond motifs is 1. The van der Waals surface area contributed by atoms with E-state index in [0.29, 0.717) is 11.5 Å². The summed E-state index contributed by atoms with van der Waals surface area (Å²) in [6, 6.07) is 10.8. The Kier molecular flexibility index (Phi) is 2.90. The summed E-state index contributed by atoms with van der Waals surface area (Å²) in [6.07, 6.45) is 3.65. The molecule has 2 aromatic rings. The summed E-state index contributed by atoms with van der Waals surface area (Å²) in [7, 11) is 0. The van der Waals surface area contributed by atoms with E-state index < -0.39 is 0 Å². The highest BCUT2D eigenvalue weighted by atomic mass is 16.1. The van der Waals surface area contributed by atoms with Crippen LogP contribution in [-0.2, 0) is 0 Å². The fraction of sp³-hybridized carbons (Fsp3) is 0.389. The van der Waals surface area contributed by atoms with Crippen LogP contribution in [-0.4, -0.2) is 9.55 Å². The average molecular weight is 291 g/mol. The molecule has 0 spiro atoms. The molecule has 4 heteroatoms. The van der Waals surface area contributed by atoms with Crippen LogP contribution in [0.5, 0.6) is 0 Å². The van der Waals surface area contributed by atoms with Crippen LogP contribution in [0.1, 0.15) is 42.3 Å². The molecule has 2 aliphatic carbocycles. The van der Waals surface area contributed by atoms with E-state index in [1.165, 1.54) is 6.42 Å². The minimum absolute atomic E-state index is 0.0345. The van der Waals surface area contributed by atoms with Crippen LogP contribution in [0.2, 0.25) is 0 Å². The molecule has 1 aromatic heterocycles. The van der Waals surface area contributed by atoms with Gasteiger partial charge in [-0.15, -0.1) is 0 Å². The molecular weight excluding hydrogens is 274 g/mol. The first kappa shape index (κ1) is 13.3. The first-order valence-electron chi connectivity index (χ1n) is 7.77. The number of hydrogen-bond donors (Lipinski definition) is 0. The average Bonchev–Trinajstić information content (AvgIpc) is 3.13. The van der Waals surface area contributed by atoms with Gasteiger partial charge in [-0.05, 0) is 62.3 Å². The Morgan fingerprint density at radius 2 is 1.86 bits per heavy atom. The highest BCUT2D eigenvalue weighted by Crippen LogP contribution is 2.57. The molecule has 0 aliphatic heterocycles. The topological polar surface area (TPSA) is 58.7 Å². The second kappa shape index (κ2) is 4.81. The SMILES string of the molecule is Cc1cc(=O)n(-c2ccc(C#N)cc2)c(C2CC3CC3C2)n1. The van der Waals surface area contributed by atoms with Crippen LogP contribution >= 0.6 is 0 Å². The molecule has 0 N–H and O–H groups in total. The van der Waals surface area contributed by atoms with Crippen LogP contribution in [0.15, 0.2) is 35.1 Å². The van der Waals surface area contributed by atoms with Crippen LogP contribution in [0.25, 0.3) is 5.69 Å². The van der Waals surface area contributed by atoms with Gasteiger partial charge in [0.05, 0.1) is 17.3 Å².